The first-order chi connectivity index (χ1) is 6.20. The van der Waals surface area contributed by atoms with Crippen LogP contribution in [-0.2, 0) is 6.54 Å². The zero-order valence-electron chi connectivity index (χ0n) is 8.62. The summed E-state index contributed by atoms with van der Waals surface area (Å²) in [6.45, 7) is 7.50. The highest BCUT2D eigenvalue weighted by Gasteiger charge is 2.05. The van der Waals surface area contributed by atoms with Crippen LogP contribution in [0.5, 0.6) is 0 Å². The largest absolute Gasteiger partial charge is 0.308 e. The third kappa shape index (κ3) is 3.55. The normalized spacial score (nSPS) is 13.2. The van der Waals surface area contributed by atoms with Gasteiger partial charge in [-0.05, 0) is 25.0 Å². The quantitative estimate of drug-likeness (QED) is 0.764. The van der Waals surface area contributed by atoms with Gasteiger partial charge in [0.1, 0.15) is 0 Å². The lowest BCUT2D eigenvalue weighted by Gasteiger charge is -2.16. The third-order valence-corrected chi connectivity index (χ3v) is 2.33. The van der Waals surface area contributed by atoms with Crippen LogP contribution in [0.15, 0.2) is 24.4 Å². The van der Waals surface area contributed by atoms with Crippen molar-refractivity contribution in [3.05, 3.63) is 30.1 Å². The standard InChI is InChI=1S/C11H18N2/c1-9(2)10(3)13-8-11-6-4-5-7-12-11/h4-7,9-10,13H,8H2,1-3H3. The van der Waals surface area contributed by atoms with Crippen molar-refractivity contribution in [3.8, 4) is 0 Å². The molecule has 1 aromatic rings. The molecular formula is C11H18N2. The van der Waals surface area contributed by atoms with E-state index in [0.717, 1.165) is 12.2 Å². The van der Waals surface area contributed by atoms with Crippen LogP contribution >= 0.6 is 0 Å². The molecule has 13 heavy (non-hydrogen) atoms. The molecule has 0 bridgehead atoms. The van der Waals surface area contributed by atoms with E-state index in [-0.39, 0.29) is 0 Å². The number of hydrogen-bond donors (Lipinski definition) is 1. The van der Waals surface area contributed by atoms with Crippen molar-refractivity contribution in [2.75, 3.05) is 0 Å². The molecule has 0 saturated carbocycles. The average Bonchev–Trinajstić information content (AvgIpc) is 2.15. The smallest absolute Gasteiger partial charge is 0.0541 e. The Morgan fingerprint density at radius 2 is 2.08 bits per heavy atom. The van der Waals surface area contributed by atoms with Gasteiger partial charge in [-0.3, -0.25) is 4.98 Å². The summed E-state index contributed by atoms with van der Waals surface area (Å²) < 4.78 is 0. The summed E-state index contributed by atoms with van der Waals surface area (Å²) in [4.78, 5) is 4.25. The van der Waals surface area contributed by atoms with Gasteiger partial charge in [0, 0.05) is 18.8 Å². The second kappa shape index (κ2) is 4.97. The number of nitrogens with one attached hydrogen (secondary N) is 1. The molecule has 0 fully saturated rings. The van der Waals surface area contributed by atoms with Crippen molar-refractivity contribution in [3.63, 3.8) is 0 Å². The molecule has 1 N–H and O–H groups in total. The van der Waals surface area contributed by atoms with Crippen LogP contribution in [0.2, 0.25) is 0 Å². The minimum atomic E-state index is 0.544. The molecular weight excluding hydrogens is 160 g/mol. The highest BCUT2D eigenvalue weighted by Crippen LogP contribution is 2.01. The predicted octanol–water partition coefficient (Wildman–Crippen LogP) is 2.22. The number of rotatable bonds is 4. The summed E-state index contributed by atoms with van der Waals surface area (Å²) in [7, 11) is 0. The Morgan fingerprint density at radius 3 is 2.62 bits per heavy atom. The molecule has 0 amide bonds. The molecule has 2 nitrogen and oxygen atoms in total. The Labute approximate surface area is 80.4 Å². The summed E-state index contributed by atoms with van der Waals surface area (Å²) in [5.41, 5.74) is 1.11. The molecule has 1 rings (SSSR count). The Kier molecular flexibility index (Phi) is 3.90. The first kappa shape index (κ1) is 10.2. The van der Waals surface area contributed by atoms with Gasteiger partial charge in [-0.1, -0.05) is 19.9 Å². The predicted molar refractivity (Wildman–Crippen MR) is 55.4 cm³/mol. The number of hydrogen-bond acceptors (Lipinski definition) is 2. The maximum atomic E-state index is 4.25. The highest BCUT2D eigenvalue weighted by molar-refractivity contribution is 5.03. The van der Waals surface area contributed by atoms with Crippen LogP contribution in [0.25, 0.3) is 0 Å². The van der Waals surface area contributed by atoms with Crippen molar-refractivity contribution < 1.29 is 0 Å². The van der Waals surface area contributed by atoms with Crippen LogP contribution in [-0.4, -0.2) is 11.0 Å². The zero-order valence-corrected chi connectivity index (χ0v) is 8.62. The van der Waals surface area contributed by atoms with Crippen molar-refractivity contribution in [1.82, 2.24) is 10.3 Å². The molecule has 1 heterocycles. The maximum absolute atomic E-state index is 4.25. The average molecular weight is 178 g/mol. The Balaban J connectivity index is 2.35. The van der Waals surface area contributed by atoms with Gasteiger partial charge in [-0.15, -0.1) is 0 Å². The van der Waals surface area contributed by atoms with E-state index in [1.807, 2.05) is 24.4 Å². The molecule has 0 aliphatic rings. The molecule has 2 heteroatoms. The van der Waals surface area contributed by atoms with Crippen LogP contribution < -0.4 is 5.32 Å². The lowest BCUT2D eigenvalue weighted by Crippen LogP contribution is -2.30. The molecule has 1 aromatic heterocycles. The molecule has 1 unspecified atom stereocenters. The summed E-state index contributed by atoms with van der Waals surface area (Å²) in [5, 5.41) is 3.44. The minimum absolute atomic E-state index is 0.544. The summed E-state index contributed by atoms with van der Waals surface area (Å²) >= 11 is 0. The fourth-order valence-corrected chi connectivity index (χ4v) is 1.00. The van der Waals surface area contributed by atoms with E-state index in [0.29, 0.717) is 12.0 Å². The number of aromatic nitrogens is 1. The van der Waals surface area contributed by atoms with Crippen molar-refractivity contribution in [1.29, 1.82) is 0 Å². The van der Waals surface area contributed by atoms with Crippen LogP contribution in [0.4, 0.5) is 0 Å². The first-order valence-electron chi connectivity index (χ1n) is 4.83. The van der Waals surface area contributed by atoms with E-state index < -0.39 is 0 Å². The lowest BCUT2D eigenvalue weighted by atomic mass is 10.1. The molecule has 0 aliphatic heterocycles. The molecule has 0 aromatic carbocycles. The van der Waals surface area contributed by atoms with Gasteiger partial charge in [0.25, 0.3) is 0 Å². The van der Waals surface area contributed by atoms with Crippen LogP contribution in [0, 0.1) is 5.92 Å². The fraction of sp³-hybridized carbons (Fsp3) is 0.545. The van der Waals surface area contributed by atoms with Crippen LogP contribution in [0.1, 0.15) is 26.5 Å². The second-order valence-corrected chi connectivity index (χ2v) is 3.73. The summed E-state index contributed by atoms with van der Waals surface area (Å²) in [6.07, 6.45) is 1.83. The Hall–Kier alpha value is -0.890. The van der Waals surface area contributed by atoms with E-state index in [2.05, 4.69) is 31.1 Å². The molecule has 1 atom stereocenters. The number of pyridine rings is 1. The first-order valence-corrected chi connectivity index (χ1v) is 4.83. The molecule has 0 aliphatic carbocycles. The second-order valence-electron chi connectivity index (χ2n) is 3.73. The van der Waals surface area contributed by atoms with Crippen molar-refractivity contribution in [2.24, 2.45) is 5.92 Å². The van der Waals surface area contributed by atoms with E-state index in [4.69, 9.17) is 0 Å². The van der Waals surface area contributed by atoms with Gasteiger partial charge < -0.3 is 5.32 Å². The third-order valence-electron chi connectivity index (χ3n) is 2.33. The van der Waals surface area contributed by atoms with Crippen molar-refractivity contribution >= 4 is 0 Å². The summed E-state index contributed by atoms with van der Waals surface area (Å²) in [6, 6.07) is 6.54. The minimum Gasteiger partial charge on any atom is -0.308 e. The monoisotopic (exact) mass is 178 g/mol. The van der Waals surface area contributed by atoms with E-state index in [1.165, 1.54) is 0 Å². The SMILES string of the molecule is CC(C)C(C)NCc1ccccn1. The topological polar surface area (TPSA) is 24.9 Å². The fourth-order valence-electron chi connectivity index (χ4n) is 1.00. The Morgan fingerprint density at radius 1 is 1.31 bits per heavy atom. The maximum Gasteiger partial charge on any atom is 0.0541 e. The lowest BCUT2D eigenvalue weighted by molar-refractivity contribution is 0.424. The van der Waals surface area contributed by atoms with Gasteiger partial charge in [0.2, 0.25) is 0 Å². The molecule has 72 valence electrons. The van der Waals surface area contributed by atoms with Gasteiger partial charge in [0.15, 0.2) is 0 Å². The van der Waals surface area contributed by atoms with Crippen LogP contribution in [0.3, 0.4) is 0 Å². The highest BCUT2D eigenvalue weighted by atomic mass is 14.9. The summed E-state index contributed by atoms with van der Waals surface area (Å²) in [5.74, 6) is 0.670. The van der Waals surface area contributed by atoms with Gasteiger partial charge in [0.05, 0.1) is 5.69 Å². The van der Waals surface area contributed by atoms with Crippen molar-refractivity contribution in [2.45, 2.75) is 33.4 Å². The Bertz CT molecular complexity index is 231. The molecule has 0 saturated heterocycles. The number of nitrogens with zero attached hydrogens (tertiary/aromatic N) is 1. The molecule has 0 radical (unpaired) electrons. The van der Waals surface area contributed by atoms with Gasteiger partial charge >= 0.3 is 0 Å². The van der Waals surface area contributed by atoms with E-state index in [1.54, 1.807) is 0 Å². The zero-order chi connectivity index (χ0) is 9.68. The van der Waals surface area contributed by atoms with E-state index >= 15 is 0 Å². The van der Waals surface area contributed by atoms with Gasteiger partial charge in [-0.25, -0.2) is 0 Å². The van der Waals surface area contributed by atoms with Gasteiger partial charge in [-0.2, -0.15) is 0 Å². The van der Waals surface area contributed by atoms with E-state index in [9.17, 15) is 0 Å². The molecule has 0 spiro atoms.